The highest BCUT2D eigenvalue weighted by Crippen LogP contribution is 2.22. The molecule has 0 bridgehead atoms. The molecule has 0 atom stereocenters. The van der Waals surface area contributed by atoms with Gasteiger partial charge in [-0.05, 0) is 29.4 Å². The average Bonchev–Trinajstić information content (AvgIpc) is 2.38. The fraction of sp³-hybridized carbons (Fsp3) is 0.647. The zero-order valence-corrected chi connectivity index (χ0v) is 13.1. The molecule has 2 N–H and O–H groups in total. The monoisotopic (exact) mass is 263 g/mol. The van der Waals surface area contributed by atoms with Crippen molar-refractivity contribution in [3.8, 4) is 0 Å². The van der Waals surface area contributed by atoms with Crippen LogP contribution in [0.25, 0.3) is 0 Å². The molecular weight excluding hydrogens is 234 g/mol. The summed E-state index contributed by atoms with van der Waals surface area (Å²) in [7, 11) is 0. The van der Waals surface area contributed by atoms with Crippen LogP contribution in [-0.2, 0) is 16.8 Å². The van der Waals surface area contributed by atoms with Crippen molar-refractivity contribution in [2.75, 3.05) is 6.61 Å². The van der Waals surface area contributed by atoms with Crippen LogP contribution in [0.15, 0.2) is 24.3 Å². The Morgan fingerprint density at radius 2 is 1.53 bits per heavy atom. The normalized spacial score (nSPS) is 12.7. The van der Waals surface area contributed by atoms with Crippen molar-refractivity contribution in [1.29, 1.82) is 0 Å². The summed E-state index contributed by atoms with van der Waals surface area (Å²) in [6, 6.07) is 8.68. The lowest BCUT2D eigenvalue weighted by Gasteiger charge is -2.26. The summed E-state index contributed by atoms with van der Waals surface area (Å²) in [5.41, 5.74) is 8.81. The maximum Gasteiger partial charge on any atom is 0.0717 e. The Morgan fingerprint density at radius 1 is 1.00 bits per heavy atom. The zero-order valence-electron chi connectivity index (χ0n) is 13.1. The highest BCUT2D eigenvalue weighted by Gasteiger charge is 2.20. The second-order valence-corrected chi connectivity index (χ2v) is 6.51. The molecule has 2 heteroatoms. The van der Waals surface area contributed by atoms with Crippen molar-refractivity contribution >= 4 is 0 Å². The molecule has 0 spiro atoms. The van der Waals surface area contributed by atoms with Gasteiger partial charge in [0, 0.05) is 5.54 Å². The first kappa shape index (κ1) is 16.2. The Kier molecular flexibility index (Phi) is 5.57. The highest BCUT2D eigenvalue weighted by atomic mass is 16.5. The van der Waals surface area contributed by atoms with E-state index in [4.69, 9.17) is 10.5 Å². The molecule has 0 aliphatic rings. The summed E-state index contributed by atoms with van der Waals surface area (Å²) in [5.74, 6) is 0. The topological polar surface area (TPSA) is 35.2 Å². The maximum atomic E-state index is 6.22. The summed E-state index contributed by atoms with van der Waals surface area (Å²) in [4.78, 5) is 0. The van der Waals surface area contributed by atoms with Crippen molar-refractivity contribution in [3.63, 3.8) is 0 Å². The van der Waals surface area contributed by atoms with E-state index in [1.807, 2.05) is 0 Å². The van der Waals surface area contributed by atoms with Crippen LogP contribution < -0.4 is 5.73 Å². The van der Waals surface area contributed by atoms with E-state index >= 15 is 0 Å². The molecule has 0 aromatic heterocycles. The van der Waals surface area contributed by atoms with Crippen LogP contribution in [0.5, 0.6) is 0 Å². The third-order valence-electron chi connectivity index (χ3n) is 3.89. The van der Waals surface area contributed by atoms with E-state index in [0.717, 1.165) is 12.8 Å². The summed E-state index contributed by atoms with van der Waals surface area (Å²) in [6.07, 6.45) is 1.90. The van der Waals surface area contributed by atoms with E-state index in [1.54, 1.807) is 0 Å². The van der Waals surface area contributed by atoms with Crippen LogP contribution in [0.4, 0.5) is 0 Å². The molecule has 108 valence electrons. The van der Waals surface area contributed by atoms with E-state index in [2.05, 4.69) is 58.9 Å². The first-order chi connectivity index (χ1) is 8.80. The molecule has 0 unspecified atom stereocenters. The SMILES string of the molecule is CCC(N)(CC)COCc1ccc(C(C)(C)C)cc1. The minimum absolute atomic E-state index is 0.175. The van der Waals surface area contributed by atoms with Crippen molar-refractivity contribution in [1.82, 2.24) is 0 Å². The van der Waals surface area contributed by atoms with Gasteiger partial charge in [0.25, 0.3) is 0 Å². The van der Waals surface area contributed by atoms with Gasteiger partial charge in [-0.3, -0.25) is 0 Å². The number of benzene rings is 1. The van der Waals surface area contributed by atoms with E-state index in [9.17, 15) is 0 Å². The minimum atomic E-state index is -0.175. The van der Waals surface area contributed by atoms with Crippen LogP contribution in [0, 0.1) is 0 Å². The van der Waals surface area contributed by atoms with Crippen LogP contribution in [0.1, 0.15) is 58.6 Å². The van der Waals surface area contributed by atoms with E-state index in [-0.39, 0.29) is 11.0 Å². The number of hydrogen-bond donors (Lipinski definition) is 1. The molecule has 19 heavy (non-hydrogen) atoms. The van der Waals surface area contributed by atoms with Gasteiger partial charge >= 0.3 is 0 Å². The third-order valence-corrected chi connectivity index (χ3v) is 3.89. The molecule has 0 aliphatic heterocycles. The van der Waals surface area contributed by atoms with Crippen LogP contribution in [0.2, 0.25) is 0 Å². The second-order valence-electron chi connectivity index (χ2n) is 6.51. The molecule has 0 heterocycles. The average molecular weight is 263 g/mol. The molecule has 1 aromatic carbocycles. The molecule has 0 fully saturated rings. The molecule has 0 saturated carbocycles. The Balaban J connectivity index is 2.51. The van der Waals surface area contributed by atoms with Crippen molar-refractivity contribution in [2.45, 2.75) is 65.0 Å². The van der Waals surface area contributed by atoms with Crippen molar-refractivity contribution in [2.24, 2.45) is 5.73 Å². The first-order valence-corrected chi connectivity index (χ1v) is 7.27. The molecule has 0 aliphatic carbocycles. The lowest BCUT2D eigenvalue weighted by atomic mass is 9.87. The fourth-order valence-electron chi connectivity index (χ4n) is 1.93. The standard InChI is InChI=1S/C17H29NO/c1-6-17(18,7-2)13-19-12-14-8-10-15(11-9-14)16(3,4)5/h8-11H,6-7,12-13,18H2,1-5H3. The molecule has 1 rings (SSSR count). The first-order valence-electron chi connectivity index (χ1n) is 7.27. The second kappa shape index (κ2) is 6.53. The predicted octanol–water partition coefficient (Wildman–Crippen LogP) is 4.02. The summed E-state index contributed by atoms with van der Waals surface area (Å²) >= 11 is 0. The lowest BCUT2D eigenvalue weighted by Crippen LogP contribution is -2.43. The quantitative estimate of drug-likeness (QED) is 0.841. The van der Waals surface area contributed by atoms with Gasteiger partial charge in [-0.25, -0.2) is 0 Å². The molecule has 0 radical (unpaired) electrons. The van der Waals surface area contributed by atoms with Gasteiger partial charge in [0.2, 0.25) is 0 Å². The van der Waals surface area contributed by atoms with Gasteiger partial charge in [-0.2, -0.15) is 0 Å². The summed E-state index contributed by atoms with van der Waals surface area (Å²) in [5, 5.41) is 0. The van der Waals surface area contributed by atoms with E-state index in [0.29, 0.717) is 13.2 Å². The number of ether oxygens (including phenoxy) is 1. The van der Waals surface area contributed by atoms with Crippen LogP contribution >= 0.6 is 0 Å². The van der Waals surface area contributed by atoms with Gasteiger partial charge in [0.05, 0.1) is 13.2 Å². The Labute approximate surface area is 118 Å². The van der Waals surface area contributed by atoms with Crippen LogP contribution in [-0.4, -0.2) is 12.1 Å². The maximum absolute atomic E-state index is 6.22. The predicted molar refractivity (Wildman–Crippen MR) is 82.3 cm³/mol. The lowest BCUT2D eigenvalue weighted by molar-refractivity contribution is 0.0696. The fourth-order valence-corrected chi connectivity index (χ4v) is 1.93. The van der Waals surface area contributed by atoms with Gasteiger partial charge in [-0.1, -0.05) is 58.9 Å². The van der Waals surface area contributed by atoms with Gasteiger partial charge in [0.1, 0.15) is 0 Å². The van der Waals surface area contributed by atoms with Crippen molar-refractivity contribution < 1.29 is 4.74 Å². The minimum Gasteiger partial charge on any atom is -0.375 e. The Morgan fingerprint density at radius 3 is 1.95 bits per heavy atom. The Hall–Kier alpha value is -0.860. The zero-order chi connectivity index (χ0) is 14.5. The summed E-state index contributed by atoms with van der Waals surface area (Å²) < 4.78 is 5.77. The molecule has 0 saturated heterocycles. The van der Waals surface area contributed by atoms with Gasteiger partial charge in [0.15, 0.2) is 0 Å². The largest absolute Gasteiger partial charge is 0.375 e. The number of rotatable bonds is 6. The third kappa shape index (κ3) is 4.96. The van der Waals surface area contributed by atoms with Crippen molar-refractivity contribution in [3.05, 3.63) is 35.4 Å². The Bertz CT molecular complexity index is 371. The molecule has 2 nitrogen and oxygen atoms in total. The molecule has 1 aromatic rings. The van der Waals surface area contributed by atoms with Crippen LogP contribution in [0.3, 0.4) is 0 Å². The number of nitrogens with two attached hydrogens (primary N) is 1. The van der Waals surface area contributed by atoms with E-state index < -0.39 is 0 Å². The highest BCUT2D eigenvalue weighted by molar-refractivity contribution is 5.27. The van der Waals surface area contributed by atoms with Gasteiger partial charge < -0.3 is 10.5 Å². The number of hydrogen-bond acceptors (Lipinski definition) is 2. The van der Waals surface area contributed by atoms with E-state index in [1.165, 1.54) is 11.1 Å². The molecular formula is C17H29NO. The summed E-state index contributed by atoms with van der Waals surface area (Å²) in [6.45, 7) is 12.2. The molecule has 0 amide bonds. The smallest absolute Gasteiger partial charge is 0.0717 e. The van der Waals surface area contributed by atoms with Gasteiger partial charge in [-0.15, -0.1) is 0 Å².